The first kappa shape index (κ1) is 14.8. The number of para-hydroxylation sites is 1. The number of imidazole rings is 1. The number of fused-ring (bicyclic) bond motifs is 1. The number of aryl methyl sites for hydroxylation is 1. The number of hydrogen-bond donors (Lipinski definition) is 1. The number of carbonyl (C=O) groups is 1. The van der Waals surface area contributed by atoms with Crippen LogP contribution in [0.15, 0.2) is 48.9 Å². The number of carbonyl (C=O) groups excluding carboxylic acids is 1. The lowest BCUT2D eigenvalue weighted by Gasteiger charge is -2.36. The van der Waals surface area contributed by atoms with Crippen LogP contribution in [-0.4, -0.2) is 45.0 Å². The molecule has 0 radical (unpaired) electrons. The molecule has 6 nitrogen and oxygen atoms in total. The van der Waals surface area contributed by atoms with Crippen LogP contribution in [0.4, 0.5) is 0 Å². The van der Waals surface area contributed by atoms with Gasteiger partial charge in [0.05, 0.1) is 11.1 Å². The van der Waals surface area contributed by atoms with Crippen LogP contribution in [0.25, 0.3) is 10.9 Å². The summed E-state index contributed by atoms with van der Waals surface area (Å²) in [7, 11) is 1.96. The molecule has 2 aromatic heterocycles. The molecule has 1 atom stereocenters. The van der Waals surface area contributed by atoms with Crippen molar-refractivity contribution < 1.29 is 4.79 Å². The number of nitrogens with one attached hydrogen (secondary N) is 1. The van der Waals surface area contributed by atoms with Gasteiger partial charge in [0.1, 0.15) is 11.9 Å². The van der Waals surface area contributed by atoms with E-state index < -0.39 is 0 Å². The fourth-order valence-electron chi connectivity index (χ4n) is 3.31. The van der Waals surface area contributed by atoms with Crippen LogP contribution in [0.1, 0.15) is 22.2 Å². The zero-order valence-electron chi connectivity index (χ0n) is 13.5. The fraction of sp³-hybridized carbons (Fsp3) is 0.278. The van der Waals surface area contributed by atoms with Crippen molar-refractivity contribution in [2.45, 2.75) is 6.04 Å². The van der Waals surface area contributed by atoms with E-state index in [1.54, 1.807) is 12.4 Å². The predicted molar refractivity (Wildman–Crippen MR) is 91.6 cm³/mol. The minimum absolute atomic E-state index is 0.00815. The minimum Gasteiger partial charge on any atom is -0.336 e. The molecule has 3 aromatic rings. The number of rotatable bonds is 2. The standard InChI is InChI=1S/C18H19N5O/c1-22-10-9-21-17(22)15-12-19-8-11-23(15)18(24)14-6-2-4-13-5-3-7-20-16(13)14/h2-7,9-10,15,19H,8,11-12H2,1H3. The second-order valence-electron chi connectivity index (χ2n) is 6.00. The summed E-state index contributed by atoms with van der Waals surface area (Å²) in [6, 6.07) is 9.54. The molecule has 24 heavy (non-hydrogen) atoms. The van der Waals surface area contributed by atoms with Crippen LogP contribution in [-0.2, 0) is 7.05 Å². The second kappa shape index (κ2) is 6.05. The molecule has 0 saturated carbocycles. The molecule has 122 valence electrons. The Hall–Kier alpha value is -2.73. The molecule has 0 bridgehead atoms. The summed E-state index contributed by atoms with van der Waals surface area (Å²) < 4.78 is 1.97. The van der Waals surface area contributed by atoms with Gasteiger partial charge in [-0.15, -0.1) is 0 Å². The molecule has 1 aromatic carbocycles. The molecule has 0 spiro atoms. The van der Waals surface area contributed by atoms with Crippen LogP contribution >= 0.6 is 0 Å². The van der Waals surface area contributed by atoms with Gasteiger partial charge in [-0.05, 0) is 12.1 Å². The normalized spacial score (nSPS) is 18.0. The van der Waals surface area contributed by atoms with Gasteiger partial charge in [0, 0.05) is 50.7 Å². The molecule has 1 aliphatic heterocycles. The van der Waals surface area contributed by atoms with Crippen LogP contribution in [0.2, 0.25) is 0 Å². The van der Waals surface area contributed by atoms with Crippen molar-refractivity contribution in [2.24, 2.45) is 7.05 Å². The molecule has 1 fully saturated rings. The minimum atomic E-state index is -0.0785. The third-order valence-corrected chi connectivity index (χ3v) is 4.52. The second-order valence-corrected chi connectivity index (χ2v) is 6.00. The Balaban J connectivity index is 1.75. The van der Waals surface area contributed by atoms with Crippen molar-refractivity contribution in [1.82, 2.24) is 24.8 Å². The first-order chi connectivity index (χ1) is 11.8. The summed E-state index contributed by atoms with van der Waals surface area (Å²) in [5, 5.41) is 4.34. The van der Waals surface area contributed by atoms with Gasteiger partial charge in [0.15, 0.2) is 0 Å². The Bertz CT molecular complexity index is 883. The van der Waals surface area contributed by atoms with Gasteiger partial charge in [-0.2, -0.15) is 0 Å². The number of hydrogen-bond acceptors (Lipinski definition) is 4. The van der Waals surface area contributed by atoms with Crippen LogP contribution < -0.4 is 5.32 Å². The highest BCUT2D eigenvalue weighted by molar-refractivity contribution is 6.05. The Labute approximate surface area is 140 Å². The van der Waals surface area contributed by atoms with Gasteiger partial charge in [-0.25, -0.2) is 4.98 Å². The highest BCUT2D eigenvalue weighted by Crippen LogP contribution is 2.25. The van der Waals surface area contributed by atoms with Crippen molar-refractivity contribution >= 4 is 16.8 Å². The SMILES string of the molecule is Cn1ccnc1C1CNCCN1C(=O)c1cccc2cccnc12. The Morgan fingerprint density at radius 3 is 2.92 bits per heavy atom. The highest BCUT2D eigenvalue weighted by atomic mass is 16.2. The van der Waals surface area contributed by atoms with E-state index in [4.69, 9.17) is 0 Å². The topological polar surface area (TPSA) is 63.1 Å². The summed E-state index contributed by atoms with van der Waals surface area (Å²) in [5.74, 6) is 0.901. The maximum atomic E-state index is 13.3. The molecule has 1 amide bonds. The van der Waals surface area contributed by atoms with Gasteiger partial charge in [0.25, 0.3) is 5.91 Å². The molecule has 1 aliphatic rings. The van der Waals surface area contributed by atoms with E-state index in [-0.39, 0.29) is 11.9 Å². The van der Waals surface area contributed by atoms with Crippen LogP contribution in [0, 0.1) is 0 Å². The van der Waals surface area contributed by atoms with E-state index in [9.17, 15) is 4.79 Å². The van der Waals surface area contributed by atoms with E-state index in [1.807, 2.05) is 53.0 Å². The van der Waals surface area contributed by atoms with Crippen LogP contribution in [0.5, 0.6) is 0 Å². The Kier molecular flexibility index (Phi) is 3.74. The van der Waals surface area contributed by atoms with E-state index in [1.165, 1.54) is 0 Å². The number of amides is 1. The largest absolute Gasteiger partial charge is 0.336 e. The van der Waals surface area contributed by atoms with Crippen molar-refractivity contribution in [1.29, 1.82) is 0 Å². The summed E-state index contributed by atoms with van der Waals surface area (Å²) in [6.45, 7) is 2.14. The Morgan fingerprint density at radius 1 is 1.21 bits per heavy atom. The van der Waals surface area contributed by atoms with E-state index >= 15 is 0 Å². The highest BCUT2D eigenvalue weighted by Gasteiger charge is 2.31. The molecule has 0 aliphatic carbocycles. The summed E-state index contributed by atoms with van der Waals surface area (Å²) in [5.41, 5.74) is 1.40. The van der Waals surface area contributed by atoms with Gasteiger partial charge in [-0.3, -0.25) is 9.78 Å². The van der Waals surface area contributed by atoms with Gasteiger partial charge in [-0.1, -0.05) is 18.2 Å². The number of aromatic nitrogens is 3. The first-order valence-corrected chi connectivity index (χ1v) is 8.08. The zero-order valence-corrected chi connectivity index (χ0v) is 13.5. The summed E-state index contributed by atoms with van der Waals surface area (Å²) >= 11 is 0. The molecule has 3 heterocycles. The molecule has 1 N–H and O–H groups in total. The maximum Gasteiger partial charge on any atom is 0.256 e. The third-order valence-electron chi connectivity index (χ3n) is 4.52. The number of benzene rings is 1. The predicted octanol–water partition coefficient (Wildman–Crippen LogP) is 1.76. The third kappa shape index (κ3) is 2.45. The summed E-state index contributed by atoms with van der Waals surface area (Å²) in [4.78, 5) is 24.0. The van der Waals surface area contributed by atoms with E-state index in [0.717, 1.165) is 23.3 Å². The monoisotopic (exact) mass is 321 g/mol. The van der Waals surface area contributed by atoms with Gasteiger partial charge < -0.3 is 14.8 Å². The fourth-order valence-corrected chi connectivity index (χ4v) is 3.31. The van der Waals surface area contributed by atoms with Crippen molar-refractivity contribution in [2.75, 3.05) is 19.6 Å². The van der Waals surface area contributed by atoms with Gasteiger partial charge >= 0.3 is 0 Å². The molecule has 1 unspecified atom stereocenters. The first-order valence-electron chi connectivity index (χ1n) is 8.08. The lowest BCUT2D eigenvalue weighted by Crippen LogP contribution is -2.49. The van der Waals surface area contributed by atoms with Gasteiger partial charge in [0.2, 0.25) is 0 Å². The van der Waals surface area contributed by atoms with Crippen molar-refractivity contribution in [3.05, 3.63) is 60.3 Å². The number of nitrogens with zero attached hydrogens (tertiary/aromatic N) is 4. The smallest absolute Gasteiger partial charge is 0.256 e. The molecular formula is C18H19N5O. The number of piperazine rings is 1. The van der Waals surface area contributed by atoms with Crippen molar-refractivity contribution in [3.63, 3.8) is 0 Å². The molecule has 1 saturated heterocycles. The lowest BCUT2D eigenvalue weighted by atomic mass is 10.1. The average molecular weight is 321 g/mol. The zero-order chi connectivity index (χ0) is 16.5. The lowest BCUT2D eigenvalue weighted by molar-refractivity contribution is 0.0622. The molecule has 6 heteroatoms. The van der Waals surface area contributed by atoms with Crippen LogP contribution in [0.3, 0.4) is 0 Å². The Morgan fingerprint density at radius 2 is 2.08 bits per heavy atom. The average Bonchev–Trinajstić information content (AvgIpc) is 3.06. The summed E-state index contributed by atoms with van der Waals surface area (Å²) in [6.07, 6.45) is 5.41. The molecule has 4 rings (SSSR count). The maximum absolute atomic E-state index is 13.3. The molecular weight excluding hydrogens is 302 g/mol. The van der Waals surface area contributed by atoms with E-state index in [0.29, 0.717) is 18.7 Å². The number of pyridine rings is 1. The van der Waals surface area contributed by atoms with E-state index in [2.05, 4.69) is 15.3 Å². The van der Waals surface area contributed by atoms with Crippen molar-refractivity contribution in [3.8, 4) is 0 Å². The quantitative estimate of drug-likeness (QED) is 0.781.